The molecule has 1 aliphatic rings. The highest BCUT2D eigenvalue weighted by Gasteiger charge is 2.24. The molecule has 1 heterocycles. The van der Waals surface area contributed by atoms with Crippen LogP contribution in [0.1, 0.15) is 39.0 Å². The molecule has 0 bridgehead atoms. The van der Waals surface area contributed by atoms with Gasteiger partial charge in [-0.3, -0.25) is 9.59 Å². The molecule has 0 aliphatic carbocycles. The lowest BCUT2D eigenvalue weighted by Crippen LogP contribution is -2.42. The third-order valence-corrected chi connectivity index (χ3v) is 5.91. The van der Waals surface area contributed by atoms with Crippen molar-refractivity contribution in [2.75, 3.05) is 19.7 Å². The molecule has 27 heavy (non-hydrogen) atoms. The van der Waals surface area contributed by atoms with E-state index in [0.29, 0.717) is 13.1 Å². The van der Waals surface area contributed by atoms with E-state index in [4.69, 9.17) is 4.74 Å². The molecule has 1 aromatic carbocycles. The van der Waals surface area contributed by atoms with Crippen LogP contribution in [0.2, 0.25) is 0 Å². The van der Waals surface area contributed by atoms with Gasteiger partial charge >= 0.3 is 5.97 Å². The van der Waals surface area contributed by atoms with Gasteiger partial charge in [-0.2, -0.15) is 4.72 Å². The molecule has 1 fully saturated rings. The van der Waals surface area contributed by atoms with Crippen LogP contribution >= 0.6 is 0 Å². The molecule has 0 radical (unpaired) electrons. The van der Waals surface area contributed by atoms with Crippen molar-refractivity contribution in [2.45, 2.75) is 50.0 Å². The minimum atomic E-state index is -4.00. The molecular formula is C18H25FN2O5S. The molecule has 0 aromatic heterocycles. The maximum absolute atomic E-state index is 12.9. The monoisotopic (exact) mass is 400 g/mol. The number of amides is 1. The van der Waals surface area contributed by atoms with Crippen LogP contribution in [0.15, 0.2) is 29.2 Å². The summed E-state index contributed by atoms with van der Waals surface area (Å²) in [5, 5.41) is 0. The number of hydrogen-bond acceptors (Lipinski definition) is 5. The van der Waals surface area contributed by atoms with Crippen LogP contribution in [-0.2, 0) is 24.3 Å². The van der Waals surface area contributed by atoms with Gasteiger partial charge in [-0.05, 0) is 44.0 Å². The number of sulfonamides is 1. The summed E-state index contributed by atoms with van der Waals surface area (Å²) in [7, 11) is -4.00. The summed E-state index contributed by atoms with van der Waals surface area (Å²) in [6.07, 6.45) is 5.17. The van der Waals surface area contributed by atoms with E-state index >= 15 is 0 Å². The Bertz CT molecular complexity index is 744. The minimum absolute atomic E-state index is 0.166. The van der Waals surface area contributed by atoms with Gasteiger partial charge in [0.15, 0.2) is 6.61 Å². The molecule has 7 nitrogen and oxygen atoms in total. The van der Waals surface area contributed by atoms with E-state index in [1.54, 1.807) is 4.90 Å². The standard InChI is InChI=1S/C18H25FN2O5S/c1-14(20-27(24,25)16-9-7-15(19)8-10-16)18(23)26-13-17(22)21-11-5-3-2-4-6-12-21/h7-10,14,20H,2-6,11-13H2,1H3/t14-/m0/s1. The number of nitrogens with one attached hydrogen (secondary N) is 1. The van der Waals surface area contributed by atoms with Crippen molar-refractivity contribution >= 4 is 21.9 Å². The van der Waals surface area contributed by atoms with Crippen molar-refractivity contribution in [3.8, 4) is 0 Å². The van der Waals surface area contributed by atoms with E-state index in [2.05, 4.69) is 4.72 Å². The van der Waals surface area contributed by atoms with Crippen LogP contribution in [-0.4, -0.2) is 50.9 Å². The highest BCUT2D eigenvalue weighted by Crippen LogP contribution is 2.12. The predicted molar refractivity (Wildman–Crippen MR) is 96.8 cm³/mol. The first kappa shape index (κ1) is 21.3. The molecule has 1 N–H and O–H groups in total. The quantitative estimate of drug-likeness (QED) is 0.736. The van der Waals surface area contributed by atoms with Crippen molar-refractivity contribution in [2.24, 2.45) is 0 Å². The molecule has 150 valence electrons. The molecule has 1 atom stereocenters. The van der Waals surface area contributed by atoms with Crippen molar-refractivity contribution in [3.05, 3.63) is 30.1 Å². The first-order chi connectivity index (χ1) is 12.8. The van der Waals surface area contributed by atoms with Gasteiger partial charge in [0.1, 0.15) is 11.9 Å². The second kappa shape index (κ2) is 9.80. The smallest absolute Gasteiger partial charge is 0.324 e. The van der Waals surface area contributed by atoms with Crippen LogP contribution < -0.4 is 4.72 Å². The molecule has 9 heteroatoms. The number of rotatable bonds is 6. The van der Waals surface area contributed by atoms with Gasteiger partial charge in [0.25, 0.3) is 5.91 Å². The number of esters is 1. The highest BCUT2D eigenvalue weighted by molar-refractivity contribution is 7.89. The molecule has 0 saturated carbocycles. The average molecular weight is 400 g/mol. The Morgan fingerprint density at radius 3 is 2.26 bits per heavy atom. The molecule has 1 amide bonds. The zero-order chi connectivity index (χ0) is 19.9. The van der Waals surface area contributed by atoms with Gasteiger partial charge in [-0.25, -0.2) is 12.8 Å². The maximum Gasteiger partial charge on any atom is 0.324 e. The molecule has 1 aliphatic heterocycles. The minimum Gasteiger partial charge on any atom is -0.454 e. The number of likely N-dealkylation sites (tertiary alicyclic amines) is 1. The summed E-state index contributed by atoms with van der Waals surface area (Å²) in [6.45, 7) is 2.19. The molecule has 0 spiro atoms. The SMILES string of the molecule is C[C@H](NS(=O)(=O)c1ccc(F)cc1)C(=O)OCC(=O)N1CCCCCCC1. The van der Waals surface area contributed by atoms with Crippen LogP contribution in [0.4, 0.5) is 4.39 Å². The third kappa shape index (κ3) is 6.59. The fraction of sp³-hybridized carbons (Fsp3) is 0.556. The van der Waals surface area contributed by atoms with E-state index in [1.807, 2.05) is 0 Å². The lowest BCUT2D eigenvalue weighted by molar-refractivity contribution is -0.153. The van der Waals surface area contributed by atoms with Gasteiger partial charge in [0.05, 0.1) is 4.90 Å². The lowest BCUT2D eigenvalue weighted by Gasteiger charge is -2.24. The van der Waals surface area contributed by atoms with E-state index < -0.39 is 34.5 Å². The Kier molecular flexibility index (Phi) is 7.73. The molecule has 0 unspecified atom stereocenters. The topological polar surface area (TPSA) is 92.8 Å². The summed E-state index contributed by atoms with van der Waals surface area (Å²) < 4.78 is 44.5. The number of hydrogen-bond donors (Lipinski definition) is 1. The first-order valence-electron chi connectivity index (χ1n) is 9.02. The van der Waals surface area contributed by atoms with Gasteiger partial charge < -0.3 is 9.64 Å². The third-order valence-electron chi connectivity index (χ3n) is 4.36. The Hall–Kier alpha value is -2.00. The van der Waals surface area contributed by atoms with Crippen LogP contribution in [0.3, 0.4) is 0 Å². The Balaban J connectivity index is 1.85. The number of halogens is 1. The van der Waals surface area contributed by atoms with Gasteiger partial charge in [0, 0.05) is 13.1 Å². The molecule has 1 saturated heterocycles. The molecule has 1 aromatic rings. The largest absolute Gasteiger partial charge is 0.454 e. The van der Waals surface area contributed by atoms with E-state index in [0.717, 1.165) is 49.9 Å². The maximum atomic E-state index is 12.9. The van der Waals surface area contributed by atoms with Gasteiger partial charge in [0.2, 0.25) is 10.0 Å². The van der Waals surface area contributed by atoms with Crippen molar-refractivity contribution in [1.82, 2.24) is 9.62 Å². The second-order valence-electron chi connectivity index (χ2n) is 6.55. The first-order valence-corrected chi connectivity index (χ1v) is 10.5. The predicted octanol–water partition coefficient (Wildman–Crippen LogP) is 1.83. The average Bonchev–Trinajstić information content (AvgIpc) is 2.59. The second-order valence-corrected chi connectivity index (χ2v) is 8.27. The van der Waals surface area contributed by atoms with Crippen LogP contribution in [0.5, 0.6) is 0 Å². The van der Waals surface area contributed by atoms with Crippen molar-refractivity contribution < 1.29 is 27.1 Å². The number of carbonyl (C=O) groups is 2. The highest BCUT2D eigenvalue weighted by atomic mass is 32.2. The summed E-state index contributed by atoms with van der Waals surface area (Å²) >= 11 is 0. The summed E-state index contributed by atoms with van der Waals surface area (Å²) in [4.78, 5) is 25.8. The Labute approximate surface area is 158 Å². The van der Waals surface area contributed by atoms with Crippen molar-refractivity contribution in [1.29, 1.82) is 0 Å². The van der Waals surface area contributed by atoms with Crippen molar-refractivity contribution in [3.63, 3.8) is 0 Å². The van der Waals surface area contributed by atoms with E-state index in [-0.39, 0.29) is 10.8 Å². The Morgan fingerprint density at radius 1 is 1.11 bits per heavy atom. The van der Waals surface area contributed by atoms with E-state index in [9.17, 15) is 22.4 Å². The van der Waals surface area contributed by atoms with Crippen LogP contribution in [0.25, 0.3) is 0 Å². The lowest BCUT2D eigenvalue weighted by atomic mass is 10.1. The van der Waals surface area contributed by atoms with Gasteiger partial charge in [-0.1, -0.05) is 19.3 Å². The van der Waals surface area contributed by atoms with Gasteiger partial charge in [-0.15, -0.1) is 0 Å². The number of nitrogens with zero attached hydrogens (tertiary/aromatic N) is 1. The Morgan fingerprint density at radius 2 is 1.67 bits per heavy atom. The van der Waals surface area contributed by atoms with E-state index in [1.165, 1.54) is 13.3 Å². The fourth-order valence-corrected chi connectivity index (χ4v) is 4.00. The molecular weight excluding hydrogens is 375 g/mol. The molecule has 2 rings (SSSR count). The summed E-state index contributed by atoms with van der Waals surface area (Å²) in [6, 6.07) is 3.04. The number of carbonyl (C=O) groups excluding carboxylic acids is 2. The summed E-state index contributed by atoms with van der Waals surface area (Å²) in [5.41, 5.74) is 0. The fourth-order valence-electron chi connectivity index (χ4n) is 2.81. The zero-order valence-electron chi connectivity index (χ0n) is 15.3. The summed E-state index contributed by atoms with van der Waals surface area (Å²) in [5.74, 6) is -1.69. The van der Waals surface area contributed by atoms with Crippen LogP contribution in [0, 0.1) is 5.82 Å². The number of ether oxygens (including phenoxy) is 1. The zero-order valence-corrected chi connectivity index (χ0v) is 16.1. The number of benzene rings is 1. The normalized spacial score (nSPS) is 16.9.